The molecule has 0 bridgehead atoms. The lowest BCUT2D eigenvalue weighted by Crippen LogP contribution is -2.47. The summed E-state index contributed by atoms with van der Waals surface area (Å²) in [5, 5.41) is 3.47. The number of nitrogen functional groups attached to an aromatic ring is 1. The Kier molecular flexibility index (Phi) is 8.57. The standard InChI is InChI=1S/C26H36ClN5O3/c1-35-24-17-23(28)22(27)16-21(24)26(34)29-20-6-11-31(12-7-20)18-19-4-14-32(15-5-19)25(33)8-13-30-9-2-3-10-30/h2-3,8,13,16-17,19-20H,4-7,9-12,14-15,18,28H2,1H3,(H,29,34)/b13-8+. The van der Waals surface area contributed by atoms with Crippen molar-refractivity contribution in [2.24, 2.45) is 5.92 Å². The van der Waals surface area contributed by atoms with Gasteiger partial charge in [0.15, 0.2) is 0 Å². The number of ether oxygens (including phenoxy) is 1. The first-order chi connectivity index (χ1) is 16.9. The topological polar surface area (TPSA) is 91.1 Å². The molecule has 1 aromatic rings. The second-order valence-electron chi connectivity index (χ2n) is 9.63. The van der Waals surface area contributed by atoms with Gasteiger partial charge in [-0.05, 0) is 37.7 Å². The lowest BCUT2D eigenvalue weighted by Gasteiger charge is -2.37. The number of nitrogens with one attached hydrogen (secondary N) is 1. The number of hydrogen-bond donors (Lipinski definition) is 2. The molecule has 0 radical (unpaired) electrons. The molecule has 2 fully saturated rings. The maximum absolute atomic E-state index is 12.8. The van der Waals surface area contributed by atoms with Gasteiger partial charge in [-0.15, -0.1) is 0 Å². The van der Waals surface area contributed by atoms with Gasteiger partial charge in [-0.1, -0.05) is 23.8 Å². The third kappa shape index (κ3) is 6.70. The highest BCUT2D eigenvalue weighted by Gasteiger charge is 2.27. The molecule has 0 aliphatic carbocycles. The Labute approximate surface area is 212 Å². The third-order valence-electron chi connectivity index (χ3n) is 7.20. The molecular formula is C26H36ClN5O3. The molecule has 35 heavy (non-hydrogen) atoms. The number of carbonyl (C=O) groups excluding carboxylic acids is 2. The summed E-state index contributed by atoms with van der Waals surface area (Å²) in [5.74, 6) is 0.966. The molecule has 0 saturated carbocycles. The van der Waals surface area contributed by atoms with E-state index in [2.05, 4.69) is 27.3 Å². The number of likely N-dealkylation sites (tertiary alicyclic amines) is 2. The van der Waals surface area contributed by atoms with E-state index in [1.54, 1.807) is 18.2 Å². The van der Waals surface area contributed by atoms with Crippen molar-refractivity contribution < 1.29 is 14.3 Å². The lowest BCUT2D eigenvalue weighted by atomic mass is 9.94. The van der Waals surface area contributed by atoms with Crippen LogP contribution in [-0.2, 0) is 4.79 Å². The van der Waals surface area contributed by atoms with E-state index in [-0.39, 0.29) is 17.9 Å². The van der Waals surface area contributed by atoms with Crippen molar-refractivity contribution in [1.82, 2.24) is 20.0 Å². The van der Waals surface area contributed by atoms with Gasteiger partial charge in [0.05, 0.1) is 23.4 Å². The molecule has 190 valence electrons. The van der Waals surface area contributed by atoms with Crippen LogP contribution in [0.3, 0.4) is 0 Å². The third-order valence-corrected chi connectivity index (χ3v) is 7.53. The van der Waals surface area contributed by atoms with Crippen LogP contribution >= 0.6 is 11.6 Å². The number of carbonyl (C=O) groups is 2. The van der Waals surface area contributed by atoms with Gasteiger partial charge in [0.2, 0.25) is 5.91 Å². The number of hydrogen-bond acceptors (Lipinski definition) is 6. The van der Waals surface area contributed by atoms with Crippen LogP contribution in [0.2, 0.25) is 5.02 Å². The molecule has 2 amide bonds. The number of benzene rings is 1. The molecule has 3 N–H and O–H groups in total. The molecule has 0 aromatic heterocycles. The van der Waals surface area contributed by atoms with Gasteiger partial charge < -0.3 is 30.5 Å². The number of amides is 2. The summed E-state index contributed by atoms with van der Waals surface area (Å²) in [5.41, 5.74) is 6.62. The summed E-state index contributed by atoms with van der Waals surface area (Å²) in [4.78, 5) is 31.9. The summed E-state index contributed by atoms with van der Waals surface area (Å²) < 4.78 is 5.31. The van der Waals surface area contributed by atoms with E-state index in [4.69, 9.17) is 22.1 Å². The van der Waals surface area contributed by atoms with Crippen molar-refractivity contribution in [2.75, 3.05) is 58.7 Å². The fraction of sp³-hybridized carbons (Fsp3) is 0.538. The maximum atomic E-state index is 12.8. The van der Waals surface area contributed by atoms with E-state index < -0.39 is 0 Å². The van der Waals surface area contributed by atoms with Crippen molar-refractivity contribution in [2.45, 2.75) is 31.7 Å². The second-order valence-corrected chi connectivity index (χ2v) is 10.0. The predicted octanol–water partition coefficient (Wildman–Crippen LogP) is 2.75. The van der Waals surface area contributed by atoms with Crippen LogP contribution in [0.4, 0.5) is 5.69 Å². The number of nitrogens with two attached hydrogens (primary N) is 1. The highest BCUT2D eigenvalue weighted by molar-refractivity contribution is 6.33. The van der Waals surface area contributed by atoms with E-state index >= 15 is 0 Å². The normalized spacial score (nSPS) is 20.1. The molecule has 0 atom stereocenters. The Morgan fingerprint density at radius 2 is 1.80 bits per heavy atom. The Balaban J connectivity index is 1.17. The summed E-state index contributed by atoms with van der Waals surface area (Å²) in [6, 6.07) is 3.27. The van der Waals surface area contributed by atoms with Crippen LogP contribution in [0.15, 0.2) is 36.6 Å². The Morgan fingerprint density at radius 3 is 2.46 bits per heavy atom. The molecule has 2 saturated heterocycles. The maximum Gasteiger partial charge on any atom is 0.255 e. The largest absolute Gasteiger partial charge is 0.496 e. The second kappa shape index (κ2) is 11.8. The van der Waals surface area contributed by atoms with Gasteiger partial charge in [0.1, 0.15) is 5.75 Å². The SMILES string of the molecule is COc1cc(N)c(Cl)cc1C(=O)NC1CCN(CC2CCN(C(=O)/C=C/N3CC=CC3)CC2)CC1. The number of piperidine rings is 2. The number of rotatable bonds is 7. The van der Waals surface area contributed by atoms with Crippen LogP contribution in [-0.4, -0.2) is 85.5 Å². The summed E-state index contributed by atoms with van der Waals surface area (Å²) in [6.07, 6.45) is 11.7. The average molecular weight is 502 g/mol. The first kappa shape index (κ1) is 25.4. The smallest absolute Gasteiger partial charge is 0.255 e. The number of anilines is 1. The van der Waals surface area contributed by atoms with Crippen molar-refractivity contribution in [1.29, 1.82) is 0 Å². The molecule has 3 aliphatic heterocycles. The minimum absolute atomic E-state index is 0.117. The highest BCUT2D eigenvalue weighted by Crippen LogP contribution is 2.29. The molecule has 9 heteroatoms. The van der Waals surface area contributed by atoms with Crippen molar-refractivity contribution >= 4 is 29.1 Å². The van der Waals surface area contributed by atoms with E-state index in [1.165, 1.54) is 7.11 Å². The monoisotopic (exact) mass is 501 g/mol. The van der Waals surface area contributed by atoms with Crippen LogP contribution in [0.25, 0.3) is 0 Å². The van der Waals surface area contributed by atoms with Crippen LogP contribution < -0.4 is 15.8 Å². The summed E-state index contributed by atoms with van der Waals surface area (Å²) >= 11 is 6.11. The molecular weight excluding hydrogens is 466 g/mol. The zero-order chi connectivity index (χ0) is 24.8. The predicted molar refractivity (Wildman–Crippen MR) is 139 cm³/mol. The average Bonchev–Trinajstić information content (AvgIpc) is 3.39. The Bertz CT molecular complexity index is 958. The van der Waals surface area contributed by atoms with Crippen molar-refractivity contribution in [3.63, 3.8) is 0 Å². The fourth-order valence-corrected chi connectivity index (χ4v) is 5.19. The van der Waals surface area contributed by atoms with E-state index in [0.717, 1.165) is 71.5 Å². The fourth-order valence-electron chi connectivity index (χ4n) is 5.03. The van der Waals surface area contributed by atoms with Crippen LogP contribution in [0.5, 0.6) is 5.75 Å². The van der Waals surface area contributed by atoms with E-state index in [9.17, 15) is 9.59 Å². The molecule has 3 aliphatic rings. The van der Waals surface area contributed by atoms with Crippen LogP contribution in [0.1, 0.15) is 36.0 Å². The first-order valence-corrected chi connectivity index (χ1v) is 12.8. The molecule has 1 aromatic carbocycles. The number of nitrogens with zero attached hydrogens (tertiary/aromatic N) is 3. The molecule has 3 heterocycles. The zero-order valence-electron chi connectivity index (χ0n) is 20.4. The molecule has 4 rings (SSSR count). The lowest BCUT2D eigenvalue weighted by molar-refractivity contribution is -0.127. The van der Waals surface area contributed by atoms with Crippen molar-refractivity contribution in [3.8, 4) is 5.75 Å². The zero-order valence-corrected chi connectivity index (χ0v) is 21.2. The highest BCUT2D eigenvalue weighted by atomic mass is 35.5. The summed E-state index contributed by atoms with van der Waals surface area (Å²) in [7, 11) is 1.52. The molecule has 8 nitrogen and oxygen atoms in total. The van der Waals surface area contributed by atoms with E-state index in [1.807, 2.05) is 11.1 Å². The van der Waals surface area contributed by atoms with Gasteiger partial charge in [0.25, 0.3) is 5.91 Å². The van der Waals surface area contributed by atoms with E-state index in [0.29, 0.717) is 27.9 Å². The first-order valence-electron chi connectivity index (χ1n) is 12.5. The number of halogens is 1. The Hall–Kier alpha value is -2.71. The van der Waals surface area contributed by atoms with Gasteiger partial charge in [-0.3, -0.25) is 9.59 Å². The van der Waals surface area contributed by atoms with Crippen LogP contribution in [0, 0.1) is 5.92 Å². The quantitative estimate of drug-likeness (QED) is 0.339. The summed E-state index contributed by atoms with van der Waals surface area (Å²) in [6.45, 7) is 6.38. The minimum Gasteiger partial charge on any atom is -0.496 e. The van der Waals surface area contributed by atoms with Gasteiger partial charge in [-0.25, -0.2) is 0 Å². The number of methoxy groups -OCH3 is 1. The molecule has 0 unspecified atom stereocenters. The van der Waals surface area contributed by atoms with Gasteiger partial charge >= 0.3 is 0 Å². The van der Waals surface area contributed by atoms with Gasteiger partial charge in [-0.2, -0.15) is 0 Å². The minimum atomic E-state index is -0.186. The van der Waals surface area contributed by atoms with Gasteiger partial charge in [0, 0.05) is 70.2 Å². The Morgan fingerprint density at radius 1 is 1.11 bits per heavy atom. The molecule has 0 spiro atoms. The van der Waals surface area contributed by atoms with Crippen molar-refractivity contribution in [3.05, 3.63) is 47.1 Å².